The number of pyridine rings is 1. The van der Waals surface area contributed by atoms with Gasteiger partial charge in [0.25, 0.3) is 5.91 Å². The van der Waals surface area contributed by atoms with E-state index in [1.54, 1.807) is 37.6 Å². The zero-order valence-electron chi connectivity index (χ0n) is 14.1. The van der Waals surface area contributed by atoms with Crippen molar-refractivity contribution in [2.45, 2.75) is 18.9 Å². The molecule has 1 aromatic heterocycles. The van der Waals surface area contributed by atoms with E-state index in [4.69, 9.17) is 5.73 Å². The van der Waals surface area contributed by atoms with Crippen LogP contribution < -0.4 is 11.1 Å². The zero-order valence-corrected chi connectivity index (χ0v) is 14.1. The molecular formula is C18H19N5O2. The first-order valence-electron chi connectivity index (χ1n) is 7.83. The number of nitrogens with zero attached hydrogens (tertiary/aromatic N) is 3. The van der Waals surface area contributed by atoms with Crippen molar-refractivity contribution in [1.29, 1.82) is 0 Å². The zero-order chi connectivity index (χ0) is 18.0. The molecule has 0 aliphatic carbocycles. The van der Waals surface area contributed by atoms with Crippen LogP contribution in [0.4, 0.5) is 5.69 Å². The average molecular weight is 337 g/mol. The number of carbonyl (C=O) groups is 2. The summed E-state index contributed by atoms with van der Waals surface area (Å²) in [4.78, 5) is 34.1. The molecule has 1 atom stereocenters. The van der Waals surface area contributed by atoms with Crippen LogP contribution in [0, 0.1) is 0 Å². The van der Waals surface area contributed by atoms with Gasteiger partial charge in [-0.2, -0.15) is 0 Å². The summed E-state index contributed by atoms with van der Waals surface area (Å²) >= 11 is 0. The predicted octanol–water partition coefficient (Wildman–Crippen LogP) is 1.73. The Bertz CT molecular complexity index is 850. The van der Waals surface area contributed by atoms with Gasteiger partial charge in [-0.15, -0.1) is 0 Å². The number of carbonyl (C=O) groups excluding carboxylic acids is 2. The number of rotatable bonds is 3. The van der Waals surface area contributed by atoms with Gasteiger partial charge in [-0.25, -0.2) is 4.99 Å². The van der Waals surface area contributed by atoms with Gasteiger partial charge in [0.05, 0.1) is 12.0 Å². The van der Waals surface area contributed by atoms with Gasteiger partial charge in [-0.05, 0) is 36.8 Å². The van der Waals surface area contributed by atoms with Crippen molar-refractivity contribution in [2.24, 2.45) is 10.7 Å². The normalized spacial score (nSPS) is 20.2. The number of anilines is 1. The molecule has 1 unspecified atom stereocenters. The maximum absolute atomic E-state index is 12.3. The summed E-state index contributed by atoms with van der Waals surface area (Å²) in [6.07, 6.45) is 3.34. The molecule has 0 fully saturated rings. The predicted molar refractivity (Wildman–Crippen MR) is 95.0 cm³/mol. The molecule has 0 spiro atoms. The van der Waals surface area contributed by atoms with E-state index in [9.17, 15) is 9.59 Å². The van der Waals surface area contributed by atoms with Gasteiger partial charge >= 0.3 is 0 Å². The van der Waals surface area contributed by atoms with E-state index in [1.165, 1.54) is 4.90 Å². The molecule has 2 heterocycles. The van der Waals surface area contributed by atoms with Gasteiger partial charge in [-0.3, -0.25) is 19.5 Å². The molecule has 128 valence electrons. The Balaban J connectivity index is 1.87. The number of guanidine groups is 1. The van der Waals surface area contributed by atoms with Gasteiger partial charge in [0, 0.05) is 30.7 Å². The molecule has 0 saturated heterocycles. The number of amides is 2. The molecule has 2 amide bonds. The van der Waals surface area contributed by atoms with Gasteiger partial charge in [0.1, 0.15) is 0 Å². The minimum Gasteiger partial charge on any atom is -0.369 e. The van der Waals surface area contributed by atoms with Gasteiger partial charge in [-0.1, -0.05) is 12.1 Å². The Hall–Kier alpha value is -3.22. The molecule has 1 aliphatic rings. The summed E-state index contributed by atoms with van der Waals surface area (Å²) in [6.45, 7) is 1.86. The monoisotopic (exact) mass is 337 g/mol. The van der Waals surface area contributed by atoms with Gasteiger partial charge in [0.2, 0.25) is 5.91 Å². The number of benzene rings is 1. The minimum absolute atomic E-state index is 0.0961. The first-order chi connectivity index (χ1) is 11.9. The molecule has 7 nitrogen and oxygen atoms in total. The van der Waals surface area contributed by atoms with Crippen LogP contribution in [0.25, 0.3) is 0 Å². The number of hydrogen-bond donors (Lipinski definition) is 2. The molecule has 0 saturated carbocycles. The molecular weight excluding hydrogens is 318 g/mol. The van der Waals surface area contributed by atoms with Crippen LogP contribution in [0.2, 0.25) is 0 Å². The Kier molecular flexibility index (Phi) is 4.22. The third-order valence-electron chi connectivity index (χ3n) is 4.26. The minimum atomic E-state index is -0.759. The average Bonchev–Trinajstić information content (AvgIpc) is 2.60. The fourth-order valence-electron chi connectivity index (χ4n) is 2.71. The summed E-state index contributed by atoms with van der Waals surface area (Å²) in [5.74, 6) is -0.140. The third-order valence-corrected chi connectivity index (χ3v) is 4.26. The van der Waals surface area contributed by atoms with E-state index < -0.39 is 5.54 Å². The number of hydrogen-bond acceptors (Lipinski definition) is 5. The topological polar surface area (TPSA) is 101 Å². The molecule has 1 aliphatic heterocycles. The summed E-state index contributed by atoms with van der Waals surface area (Å²) < 4.78 is 0. The molecule has 0 radical (unpaired) electrons. The van der Waals surface area contributed by atoms with E-state index in [2.05, 4.69) is 15.3 Å². The second kappa shape index (κ2) is 6.35. The summed E-state index contributed by atoms with van der Waals surface area (Å²) in [7, 11) is 1.60. The lowest BCUT2D eigenvalue weighted by atomic mass is 9.87. The molecule has 2 aromatic rings. The van der Waals surface area contributed by atoms with Crippen molar-refractivity contribution >= 4 is 23.5 Å². The van der Waals surface area contributed by atoms with Crippen LogP contribution in [0.1, 0.15) is 29.3 Å². The number of aromatic nitrogens is 1. The molecule has 3 rings (SSSR count). The van der Waals surface area contributed by atoms with Crippen LogP contribution in [-0.4, -0.2) is 34.7 Å². The maximum atomic E-state index is 12.3. The van der Waals surface area contributed by atoms with E-state index in [0.717, 1.165) is 5.56 Å². The maximum Gasteiger partial charge on any atom is 0.255 e. The Morgan fingerprint density at radius 3 is 2.68 bits per heavy atom. The van der Waals surface area contributed by atoms with Crippen molar-refractivity contribution < 1.29 is 9.59 Å². The van der Waals surface area contributed by atoms with Crippen LogP contribution in [-0.2, 0) is 10.3 Å². The van der Waals surface area contributed by atoms with Crippen molar-refractivity contribution in [3.8, 4) is 0 Å². The Morgan fingerprint density at radius 2 is 2.00 bits per heavy atom. The lowest BCUT2D eigenvalue weighted by molar-refractivity contribution is -0.128. The highest BCUT2D eigenvalue weighted by Gasteiger charge is 2.36. The molecule has 0 bridgehead atoms. The highest BCUT2D eigenvalue weighted by molar-refractivity contribution is 6.04. The quantitative estimate of drug-likeness (QED) is 0.890. The fourth-order valence-corrected chi connectivity index (χ4v) is 2.71. The highest BCUT2D eigenvalue weighted by atomic mass is 16.2. The van der Waals surface area contributed by atoms with Crippen LogP contribution in [0.15, 0.2) is 53.8 Å². The highest BCUT2D eigenvalue weighted by Crippen LogP contribution is 2.34. The largest absolute Gasteiger partial charge is 0.369 e. The van der Waals surface area contributed by atoms with Crippen molar-refractivity contribution in [3.63, 3.8) is 0 Å². The molecule has 3 N–H and O–H groups in total. The number of nitrogens with two attached hydrogens (primary N) is 1. The summed E-state index contributed by atoms with van der Waals surface area (Å²) in [6, 6.07) is 10.6. The van der Waals surface area contributed by atoms with Crippen molar-refractivity contribution in [1.82, 2.24) is 9.88 Å². The van der Waals surface area contributed by atoms with Crippen molar-refractivity contribution in [3.05, 3.63) is 59.9 Å². The summed E-state index contributed by atoms with van der Waals surface area (Å²) in [5.41, 5.74) is 7.05. The van der Waals surface area contributed by atoms with Crippen LogP contribution in [0.5, 0.6) is 0 Å². The standard InChI is InChI=1S/C18H19N5O2/c1-18(11-15(24)23(2)17(19)22-18)13-4-3-5-14(10-13)21-16(25)12-6-8-20-9-7-12/h3-10H,11H2,1-2H3,(H2,19,22)(H,21,25). The fraction of sp³-hybridized carbons (Fsp3) is 0.222. The first-order valence-corrected chi connectivity index (χ1v) is 7.83. The lowest BCUT2D eigenvalue weighted by Crippen LogP contribution is -2.47. The molecule has 1 aromatic carbocycles. The van der Waals surface area contributed by atoms with Gasteiger partial charge < -0.3 is 11.1 Å². The van der Waals surface area contributed by atoms with Gasteiger partial charge in [0.15, 0.2) is 5.96 Å². The first kappa shape index (κ1) is 16.6. The van der Waals surface area contributed by atoms with E-state index >= 15 is 0 Å². The Morgan fingerprint density at radius 1 is 1.28 bits per heavy atom. The van der Waals surface area contributed by atoms with Crippen LogP contribution >= 0.6 is 0 Å². The second-order valence-electron chi connectivity index (χ2n) is 6.14. The third kappa shape index (κ3) is 3.35. The van der Waals surface area contributed by atoms with E-state index in [1.807, 2.05) is 25.1 Å². The van der Waals surface area contributed by atoms with Crippen LogP contribution in [0.3, 0.4) is 0 Å². The Labute approximate surface area is 145 Å². The smallest absolute Gasteiger partial charge is 0.255 e. The lowest BCUT2D eigenvalue weighted by Gasteiger charge is -2.33. The summed E-state index contributed by atoms with van der Waals surface area (Å²) in [5, 5.41) is 2.84. The second-order valence-corrected chi connectivity index (χ2v) is 6.14. The number of aliphatic imine (C=N–C) groups is 1. The van der Waals surface area contributed by atoms with Crippen molar-refractivity contribution in [2.75, 3.05) is 12.4 Å². The molecule has 25 heavy (non-hydrogen) atoms. The van der Waals surface area contributed by atoms with E-state index in [-0.39, 0.29) is 24.2 Å². The molecule has 7 heteroatoms. The SMILES string of the molecule is CN1C(=O)CC(C)(c2cccc(NC(=O)c3ccncc3)c2)N=C1N. The van der Waals surface area contributed by atoms with E-state index in [0.29, 0.717) is 11.3 Å². The number of nitrogens with one attached hydrogen (secondary N) is 1.